The van der Waals surface area contributed by atoms with Gasteiger partial charge >= 0.3 is 0 Å². The smallest absolute Gasteiger partial charge is 0.0568 e. The Morgan fingerprint density at radius 3 is 2.93 bits per heavy atom. The van der Waals surface area contributed by atoms with Crippen LogP contribution in [0.1, 0.15) is 31.9 Å². The van der Waals surface area contributed by atoms with Crippen LogP contribution in [0.3, 0.4) is 0 Å². The van der Waals surface area contributed by atoms with Crippen molar-refractivity contribution in [2.45, 2.75) is 45.7 Å². The van der Waals surface area contributed by atoms with E-state index in [-0.39, 0.29) is 0 Å². The zero-order valence-corrected chi connectivity index (χ0v) is 9.74. The van der Waals surface area contributed by atoms with Crippen molar-refractivity contribution in [3.8, 4) is 0 Å². The first-order valence-corrected chi connectivity index (χ1v) is 6.03. The van der Waals surface area contributed by atoms with Gasteiger partial charge in [-0.05, 0) is 44.7 Å². The van der Waals surface area contributed by atoms with Gasteiger partial charge in [-0.1, -0.05) is 6.92 Å². The molecule has 15 heavy (non-hydrogen) atoms. The van der Waals surface area contributed by atoms with Crippen molar-refractivity contribution in [1.82, 2.24) is 15.1 Å². The standard InChI is InChI=1S/C12H21N3/c1-3-7-13-12(11-4-5-11)9-15-10(2)6-8-14-15/h6,8,11-13H,3-5,7,9H2,1-2H3. The van der Waals surface area contributed by atoms with E-state index in [0.29, 0.717) is 6.04 Å². The summed E-state index contributed by atoms with van der Waals surface area (Å²) < 4.78 is 2.12. The molecule has 1 aromatic rings. The van der Waals surface area contributed by atoms with Crippen molar-refractivity contribution >= 4 is 0 Å². The molecular formula is C12H21N3. The van der Waals surface area contributed by atoms with Crippen LogP contribution in [0, 0.1) is 12.8 Å². The molecule has 3 nitrogen and oxygen atoms in total. The lowest BCUT2D eigenvalue weighted by molar-refractivity contribution is 0.386. The molecule has 84 valence electrons. The first kappa shape index (κ1) is 10.7. The average Bonchev–Trinajstić information content (AvgIpc) is 2.99. The third kappa shape index (κ3) is 2.81. The highest BCUT2D eigenvalue weighted by Crippen LogP contribution is 2.33. The van der Waals surface area contributed by atoms with Gasteiger partial charge in [-0.25, -0.2) is 0 Å². The molecule has 1 N–H and O–H groups in total. The maximum Gasteiger partial charge on any atom is 0.0568 e. The lowest BCUT2D eigenvalue weighted by Crippen LogP contribution is -2.36. The highest BCUT2D eigenvalue weighted by Gasteiger charge is 2.31. The van der Waals surface area contributed by atoms with Crippen molar-refractivity contribution in [2.75, 3.05) is 6.54 Å². The van der Waals surface area contributed by atoms with Gasteiger partial charge < -0.3 is 5.32 Å². The second-order valence-corrected chi connectivity index (χ2v) is 4.55. The number of aromatic nitrogens is 2. The van der Waals surface area contributed by atoms with Gasteiger partial charge in [-0.2, -0.15) is 5.10 Å². The van der Waals surface area contributed by atoms with E-state index in [2.05, 4.69) is 35.0 Å². The molecule has 1 fully saturated rings. The predicted octanol–water partition coefficient (Wildman–Crippen LogP) is 1.97. The molecule has 2 rings (SSSR count). The molecular weight excluding hydrogens is 186 g/mol. The molecule has 3 heteroatoms. The highest BCUT2D eigenvalue weighted by atomic mass is 15.3. The third-order valence-electron chi connectivity index (χ3n) is 3.15. The quantitative estimate of drug-likeness (QED) is 0.773. The molecule has 1 aliphatic carbocycles. The van der Waals surface area contributed by atoms with Crippen LogP contribution < -0.4 is 5.32 Å². The second-order valence-electron chi connectivity index (χ2n) is 4.55. The summed E-state index contributed by atoms with van der Waals surface area (Å²) in [5, 5.41) is 7.99. The van der Waals surface area contributed by atoms with Crippen molar-refractivity contribution in [3.05, 3.63) is 18.0 Å². The van der Waals surface area contributed by atoms with E-state index in [1.165, 1.54) is 25.0 Å². The summed E-state index contributed by atoms with van der Waals surface area (Å²) in [6.07, 6.45) is 5.88. The third-order valence-corrected chi connectivity index (χ3v) is 3.15. The molecule has 0 aromatic carbocycles. The van der Waals surface area contributed by atoms with Gasteiger partial charge in [0.25, 0.3) is 0 Å². The first-order valence-electron chi connectivity index (χ1n) is 6.03. The Balaban J connectivity index is 1.91. The van der Waals surface area contributed by atoms with E-state index in [1.54, 1.807) is 0 Å². The van der Waals surface area contributed by atoms with Crippen LogP contribution in [-0.2, 0) is 6.54 Å². The lowest BCUT2D eigenvalue weighted by Gasteiger charge is -2.18. The lowest BCUT2D eigenvalue weighted by atomic mass is 10.2. The van der Waals surface area contributed by atoms with Gasteiger partial charge in [0.2, 0.25) is 0 Å². The van der Waals surface area contributed by atoms with E-state index < -0.39 is 0 Å². The van der Waals surface area contributed by atoms with Crippen LogP contribution in [0.2, 0.25) is 0 Å². The Hall–Kier alpha value is -0.830. The monoisotopic (exact) mass is 207 g/mol. The fraction of sp³-hybridized carbons (Fsp3) is 0.750. The Morgan fingerprint density at radius 2 is 2.40 bits per heavy atom. The molecule has 1 atom stereocenters. The Kier molecular flexibility index (Phi) is 3.41. The number of hydrogen-bond donors (Lipinski definition) is 1. The van der Waals surface area contributed by atoms with Crippen LogP contribution in [0.4, 0.5) is 0 Å². The minimum atomic E-state index is 0.628. The van der Waals surface area contributed by atoms with Crippen LogP contribution >= 0.6 is 0 Å². The zero-order chi connectivity index (χ0) is 10.7. The summed E-state index contributed by atoms with van der Waals surface area (Å²) in [4.78, 5) is 0. The van der Waals surface area contributed by atoms with E-state index in [4.69, 9.17) is 0 Å². The summed E-state index contributed by atoms with van der Waals surface area (Å²) in [6.45, 7) is 6.50. The van der Waals surface area contributed by atoms with Gasteiger partial charge in [0.05, 0.1) is 6.54 Å². The molecule has 0 saturated heterocycles. The fourth-order valence-corrected chi connectivity index (χ4v) is 1.98. The largest absolute Gasteiger partial charge is 0.312 e. The van der Waals surface area contributed by atoms with Crippen molar-refractivity contribution < 1.29 is 0 Å². The summed E-state index contributed by atoms with van der Waals surface area (Å²) in [5.41, 5.74) is 1.26. The molecule has 0 amide bonds. The number of nitrogens with zero attached hydrogens (tertiary/aromatic N) is 2. The summed E-state index contributed by atoms with van der Waals surface area (Å²) >= 11 is 0. The Bertz CT molecular complexity index is 302. The number of hydrogen-bond acceptors (Lipinski definition) is 2. The van der Waals surface area contributed by atoms with Crippen LogP contribution in [0.15, 0.2) is 12.3 Å². The predicted molar refractivity (Wildman–Crippen MR) is 61.8 cm³/mol. The van der Waals surface area contributed by atoms with E-state index in [1.807, 2.05) is 6.20 Å². The van der Waals surface area contributed by atoms with Crippen molar-refractivity contribution in [3.63, 3.8) is 0 Å². The van der Waals surface area contributed by atoms with Crippen LogP contribution in [-0.4, -0.2) is 22.4 Å². The highest BCUT2D eigenvalue weighted by molar-refractivity contribution is 4.98. The summed E-state index contributed by atoms with van der Waals surface area (Å²) in [5.74, 6) is 0.889. The van der Waals surface area contributed by atoms with E-state index >= 15 is 0 Å². The first-order chi connectivity index (χ1) is 7.31. The number of aryl methyl sites for hydroxylation is 1. The SMILES string of the molecule is CCCNC(Cn1nccc1C)C1CC1. The Morgan fingerprint density at radius 1 is 1.60 bits per heavy atom. The molecule has 0 bridgehead atoms. The maximum atomic E-state index is 4.35. The number of rotatable bonds is 6. The molecule has 0 spiro atoms. The van der Waals surface area contributed by atoms with Gasteiger partial charge in [-0.3, -0.25) is 4.68 Å². The minimum absolute atomic E-state index is 0.628. The minimum Gasteiger partial charge on any atom is -0.312 e. The molecule has 1 unspecified atom stereocenters. The van der Waals surface area contributed by atoms with Crippen molar-refractivity contribution in [2.24, 2.45) is 5.92 Å². The van der Waals surface area contributed by atoms with E-state index in [9.17, 15) is 0 Å². The zero-order valence-electron chi connectivity index (χ0n) is 9.74. The molecule has 1 saturated carbocycles. The Labute approximate surface area is 91.9 Å². The van der Waals surface area contributed by atoms with Crippen LogP contribution in [0.5, 0.6) is 0 Å². The van der Waals surface area contributed by atoms with Gasteiger partial charge in [0, 0.05) is 17.9 Å². The molecule has 1 aromatic heterocycles. The normalized spacial score (nSPS) is 18.0. The van der Waals surface area contributed by atoms with Crippen LogP contribution in [0.25, 0.3) is 0 Å². The topological polar surface area (TPSA) is 29.9 Å². The van der Waals surface area contributed by atoms with Gasteiger partial charge in [0.1, 0.15) is 0 Å². The van der Waals surface area contributed by atoms with Gasteiger partial charge in [0.15, 0.2) is 0 Å². The average molecular weight is 207 g/mol. The maximum absolute atomic E-state index is 4.35. The summed E-state index contributed by atoms with van der Waals surface area (Å²) in [7, 11) is 0. The summed E-state index contributed by atoms with van der Waals surface area (Å²) in [6, 6.07) is 2.70. The number of nitrogens with one attached hydrogen (secondary N) is 1. The molecule has 0 radical (unpaired) electrons. The van der Waals surface area contributed by atoms with E-state index in [0.717, 1.165) is 19.0 Å². The fourth-order valence-electron chi connectivity index (χ4n) is 1.98. The second kappa shape index (κ2) is 4.79. The van der Waals surface area contributed by atoms with Crippen molar-refractivity contribution in [1.29, 1.82) is 0 Å². The molecule has 1 aliphatic rings. The molecule has 1 heterocycles. The van der Waals surface area contributed by atoms with Gasteiger partial charge in [-0.15, -0.1) is 0 Å². The molecule has 0 aliphatic heterocycles.